The molecule has 0 amide bonds. The van der Waals surface area contributed by atoms with Gasteiger partial charge in [-0.2, -0.15) is 0 Å². The average Bonchev–Trinajstić information content (AvgIpc) is 2.26. The number of alkyl halides is 1. The molecule has 2 atom stereocenters. The highest BCUT2D eigenvalue weighted by atomic mass is 35.5. The maximum atomic E-state index is 11.9. The van der Waals surface area contributed by atoms with Crippen molar-refractivity contribution in [1.29, 1.82) is 0 Å². The van der Waals surface area contributed by atoms with Gasteiger partial charge in [-0.15, -0.1) is 11.6 Å². The van der Waals surface area contributed by atoms with Gasteiger partial charge in [-0.3, -0.25) is 4.79 Å². The summed E-state index contributed by atoms with van der Waals surface area (Å²) in [5, 5.41) is -0.767. The van der Waals surface area contributed by atoms with Gasteiger partial charge in [0.05, 0.1) is 6.04 Å². The van der Waals surface area contributed by atoms with Crippen LogP contribution in [-0.4, -0.2) is 15.2 Å². The predicted octanol–water partition coefficient (Wildman–Crippen LogP) is 3.35. The Morgan fingerprint density at radius 2 is 1.82 bits per heavy atom. The summed E-state index contributed by atoms with van der Waals surface area (Å²) in [6.45, 7) is 5.94. The summed E-state index contributed by atoms with van der Waals surface area (Å²) >= 11 is 7.36. The molecule has 0 aliphatic carbocycles. The first-order valence-corrected chi connectivity index (χ1v) is 6.74. The van der Waals surface area contributed by atoms with E-state index in [0.29, 0.717) is 0 Å². The van der Waals surface area contributed by atoms with Gasteiger partial charge in [0.25, 0.3) is 0 Å². The molecule has 17 heavy (non-hydrogen) atoms. The van der Waals surface area contributed by atoms with Crippen LogP contribution in [0.15, 0.2) is 30.3 Å². The second-order valence-corrected chi connectivity index (χ2v) is 7.17. The molecule has 0 saturated heterocycles. The van der Waals surface area contributed by atoms with Crippen molar-refractivity contribution in [3.63, 3.8) is 0 Å². The third kappa shape index (κ3) is 4.70. The molecule has 2 nitrogen and oxygen atoms in total. The van der Waals surface area contributed by atoms with Gasteiger partial charge >= 0.3 is 0 Å². The molecule has 0 bridgehead atoms. The van der Waals surface area contributed by atoms with Crippen LogP contribution >= 0.6 is 23.4 Å². The number of nitrogens with two attached hydrogens (primary N) is 1. The SMILES string of the molecule is CC(C)(C)SC(=O)[C@@H](Cl)[C@@H](N)c1ccccc1. The minimum atomic E-state index is -0.693. The fourth-order valence-electron chi connectivity index (χ4n) is 1.35. The molecule has 0 aliphatic heterocycles. The van der Waals surface area contributed by atoms with E-state index >= 15 is 0 Å². The minimum absolute atomic E-state index is 0.0736. The fourth-order valence-corrected chi connectivity index (χ4v) is 2.49. The van der Waals surface area contributed by atoms with E-state index in [1.54, 1.807) is 0 Å². The van der Waals surface area contributed by atoms with Crippen molar-refractivity contribution in [3.8, 4) is 0 Å². The van der Waals surface area contributed by atoms with E-state index in [9.17, 15) is 4.79 Å². The van der Waals surface area contributed by atoms with Crippen molar-refractivity contribution in [3.05, 3.63) is 35.9 Å². The van der Waals surface area contributed by atoms with Gasteiger partial charge in [0, 0.05) is 4.75 Å². The second kappa shape index (κ2) is 5.89. The topological polar surface area (TPSA) is 43.1 Å². The third-order valence-corrected chi connectivity index (χ3v) is 3.80. The molecule has 0 heterocycles. The molecule has 2 N–H and O–H groups in total. The number of thioether (sulfide) groups is 1. The number of halogens is 1. The van der Waals surface area contributed by atoms with E-state index in [1.807, 2.05) is 51.1 Å². The molecular formula is C13H18ClNOS. The summed E-state index contributed by atoms with van der Waals surface area (Å²) in [5.41, 5.74) is 6.88. The van der Waals surface area contributed by atoms with E-state index < -0.39 is 11.4 Å². The molecule has 1 aromatic rings. The monoisotopic (exact) mass is 271 g/mol. The van der Waals surface area contributed by atoms with Gasteiger partial charge in [0.2, 0.25) is 5.12 Å². The van der Waals surface area contributed by atoms with Crippen molar-refractivity contribution in [1.82, 2.24) is 0 Å². The van der Waals surface area contributed by atoms with E-state index in [2.05, 4.69) is 0 Å². The molecule has 0 radical (unpaired) electrons. The van der Waals surface area contributed by atoms with Crippen molar-refractivity contribution in [2.24, 2.45) is 5.73 Å². The Labute approximate surface area is 112 Å². The van der Waals surface area contributed by atoms with Crippen molar-refractivity contribution < 1.29 is 4.79 Å². The third-order valence-electron chi connectivity index (χ3n) is 2.13. The first-order valence-electron chi connectivity index (χ1n) is 5.49. The summed E-state index contributed by atoms with van der Waals surface area (Å²) in [4.78, 5) is 11.9. The van der Waals surface area contributed by atoms with Crippen molar-refractivity contribution in [2.75, 3.05) is 0 Å². The van der Waals surface area contributed by atoms with Crippen LogP contribution in [-0.2, 0) is 4.79 Å². The fraction of sp³-hybridized carbons (Fsp3) is 0.462. The highest BCUT2D eigenvalue weighted by Crippen LogP contribution is 2.30. The summed E-state index contributed by atoms with van der Waals surface area (Å²) < 4.78 is -0.138. The molecule has 0 saturated carbocycles. The zero-order chi connectivity index (χ0) is 13.1. The zero-order valence-electron chi connectivity index (χ0n) is 10.3. The summed E-state index contributed by atoms with van der Waals surface area (Å²) in [6, 6.07) is 9.00. The van der Waals surface area contributed by atoms with Crippen LogP contribution in [0.2, 0.25) is 0 Å². The molecule has 1 aromatic carbocycles. The Kier molecular flexibility index (Phi) is 5.04. The Morgan fingerprint density at radius 3 is 2.29 bits per heavy atom. The number of carbonyl (C=O) groups is 1. The van der Waals surface area contributed by atoms with E-state index in [-0.39, 0.29) is 9.86 Å². The van der Waals surface area contributed by atoms with E-state index in [4.69, 9.17) is 17.3 Å². The van der Waals surface area contributed by atoms with Crippen LogP contribution in [0.5, 0.6) is 0 Å². The minimum Gasteiger partial charge on any atom is -0.322 e. The number of rotatable bonds is 3. The van der Waals surface area contributed by atoms with Gasteiger partial charge in [-0.05, 0) is 5.56 Å². The number of hydrogen-bond donors (Lipinski definition) is 1. The Hall–Kier alpha value is -0.510. The van der Waals surface area contributed by atoms with Gasteiger partial charge in [-0.1, -0.05) is 62.9 Å². The van der Waals surface area contributed by atoms with Crippen LogP contribution in [0.4, 0.5) is 0 Å². The maximum absolute atomic E-state index is 11.9. The molecule has 0 spiro atoms. The predicted molar refractivity (Wildman–Crippen MR) is 75.4 cm³/mol. The Morgan fingerprint density at radius 1 is 1.29 bits per heavy atom. The first kappa shape index (κ1) is 14.6. The molecule has 0 fully saturated rings. The lowest BCUT2D eigenvalue weighted by atomic mass is 10.1. The van der Waals surface area contributed by atoms with Gasteiger partial charge in [0.15, 0.2) is 0 Å². The molecular weight excluding hydrogens is 254 g/mol. The van der Waals surface area contributed by atoms with Crippen molar-refractivity contribution in [2.45, 2.75) is 36.9 Å². The smallest absolute Gasteiger partial charge is 0.209 e. The Bertz CT molecular complexity index is 375. The zero-order valence-corrected chi connectivity index (χ0v) is 11.9. The Balaban J connectivity index is 2.70. The largest absolute Gasteiger partial charge is 0.322 e. The lowest BCUT2D eigenvalue weighted by molar-refractivity contribution is -0.111. The quantitative estimate of drug-likeness (QED) is 0.858. The summed E-state index contributed by atoms with van der Waals surface area (Å²) in [6.07, 6.45) is 0. The van der Waals surface area contributed by atoms with E-state index in [0.717, 1.165) is 5.56 Å². The highest BCUT2D eigenvalue weighted by molar-refractivity contribution is 8.15. The number of benzene rings is 1. The number of hydrogen-bond acceptors (Lipinski definition) is 3. The molecule has 94 valence electrons. The number of carbonyl (C=O) groups excluding carboxylic acids is 1. The highest BCUT2D eigenvalue weighted by Gasteiger charge is 2.28. The lowest BCUT2D eigenvalue weighted by Crippen LogP contribution is -2.29. The normalized spacial score (nSPS) is 15.4. The van der Waals surface area contributed by atoms with Crippen LogP contribution in [0, 0.1) is 0 Å². The van der Waals surface area contributed by atoms with Gasteiger partial charge < -0.3 is 5.73 Å². The molecule has 4 heteroatoms. The van der Waals surface area contributed by atoms with Gasteiger partial charge in [-0.25, -0.2) is 0 Å². The summed E-state index contributed by atoms with van der Waals surface area (Å²) in [5.74, 6) is 0. The van der Waals surface area contributed by atoms with Crippen LogP contribution in [0.1, 0.15) is 32.4 Å². The summed E-state index contributed by atoms with van der Waals surface area (Å²) in [7, 11) is 0. The lowest BCUT2D eigenvalue weighted by Gasteiger charge is -2.21. The van der Waals surface area contributed by atoms with Gasteiger partial charge in [0.1, 0.15) is 5.38 Å². The molecule has 0 aliphatic rings. The van der Waals surface area contributed by atoms with E-state index in [1.165, 1.54) is 11.8 Å². The van der Waals surface area contributed by atoms with Crippen LogP contribution in [0.3, 0.4) is 0 Å². The maximum Gasteiger partial charge on any atom is 0.209 e. The average molecular weight is 272 g/mol. The van der Waals surface area contributed by atoms with Crippen molar-refractivity contribution >= 4 is 28.5 Å². The standard InChI is InChI=1S/C13H18ClNOS/c1-13(2,3)17-12(16)10(14)11(15)9-7-5-4-6-8-9/h4-8,10-11H,15H2,1-3H3/t10-,11-/m0/s1. The van der Waals surface area contributed by atoms with Crippen LogP contribution < -0.4 is 5.73 Å². The molecule has 1 rings (SSSR count). The molecule has 0 unspecified atom stereocenters. The first-order chi connectivity index (χ1) is 7.81. The van der Waals surface area contributed by atoms with Crippen LogP contribution in [0.25, 0.3) is 0 Å². The second-order valence-electron chi connectivity index (χ2n) is 4.87. The molecule has 0 aromatic heterocycles.